The van der Waals surface area contributed by atoms with E-state index in [4.69, 9.17) is 5.73 Å². The molecule has 15 heavy (non-hydrogen) atoms. The molecule has 0 spiro atoms. The van der Waals surface area contributed by atoms with Crippen LogP contribution in [0.25, 0.3) is 0 Å². The first kappa shape index (κ1) is 12.1. The molecule has 0 aliphatic carbocycles. The molecule has 1 heterocycles. The van der Waals surface area contributed by atoms with Crippen molar-refractivity contribution in [1.82, 2.24) is 4.90 Å². The zero-order valence-electron chi connectivity index (χ0n) is 9.62. The second kappa shape index (κ2) is 7.32. The Hall–Kier alpha value is -0.990. The number of hydrogen-bond acceptors (Lipinski definition) is 1. The van der Waals surface area contributed by atoms with E-state index >= 15 is 0 Å². The van der Waals surface area contributed by atoms with Crippen molar-refractivity contribution < 1.29 is 0 Å². The van der Waals surface area contributed by atoms with Gasteiger partial charge < -0.3 is 10.6 Å². The highest BCUT2D eigenvalue weighted by Gasteiger charge is 2.11. The molecule has 1 fully saturated rings. The van der Waals surface area contributed by atoms with Gasteiger partial charge in [0.1, 0.15) is 0 Å². The number of nitrogens with zero attached hydrogens (tertiary/aromatic N) is 2. The van der Waals surface area contributed by atoms with E-state index in [9.17, 15) is 0 Å². The molecule has 0 aromatic carbocycles. The Morgan fingerprint density at radius 3 is 2.67 bits per heavy atom. The van der Waals surface area contributed by atoms with Gasteiger partial charge in [-0.2, -0.15) is 0 Å². The van der Waals surface area contributed by atoms with E-state index < -0.39 is 0 Å². The normalized spacial score (nSPS) is 17.9. The predicted molar refractivity (Wildman–Crippen MR) is 66.0 cm³/mol. The van der Waals surface area contributed by atoms with Gasteiger partial charge in [-0.05, 0) is 38.5 Å². The number of aliphatic imine (C=N–C) groups is 1. The molecule has 3 heteroatoms. The highest BCUT2D eigenvalue weighted by molar-refractivity contribution is 5.78. The Bertz CT molecular complexity index is 205. The van der Waals surface area contributed by atoms with Crippen LogP contribution in [0.2, 0.25) is 0 Å². The lowest BCUT2D eigenvalue weighted by Gasteiger charge is -2.27. The van der Waals surface area contributed by atoms with Gasteiger partial charge in [-0.25, -0.2) is 0 Å². The van der Waals surface area contributed by atoms with E-state index in [1.165, 1.54) is 25.7 Å². The standard InChI is InChI=1S/C12H23N3/c1-2-3-4-6-9-14-12(13)15-10-7-5-8-11-15/h2H,1,3-11H2,(H2,13,14). The Labute approximate surface area is 93.1 Å². The summed E-state index contributed by atoms with van der Waals surface area (Å²) in [7, 11) is 0. The van der Waals surface area contributed by atoms with Crippen molar-refractivity contribution in [2.45, 2.75) is 38.5 Å². The van der Waals surface area contributed by atoms with Crippen molar-refractivity contribution in [2.75, 3.05) is 19.6 Å². The summed E-state index contributed by atoms with van der Waals surface area (Å²) in [5.41, 5.74) is 5.92. The Morgan fingerprint density at radius 2 is 2.00 bits per heavy atom. The monoisotopic (exact) mass is 209 g/mol. The fraction of sp³-hybridized carbons (Fsp3) is 0.750. The summed E-state index contributed by atoms with van der Waals surface area (Å²) in [6.07, 6.45) is 9.17. The molecule has 2 N–H and O–H groups in total. The number of guanidine groups is 1. The molecule has 0 atom stereocenters. The maximum Gasteiger partial charge on any atom is 0.191 e. The third-order valence-electron chi connectivity index (χ3n) is 2.77. The molecule has 0 saturated carbocycles. The molecule has 1 saturated heterocycles. The van der Waals surface area contributed by atoms with E-state index in [-0.39, 0.29) is 0 Å². The number of likely N-dealkylation sites (tertiary alicyclic amines) is 1. The molecule has 0 aromatic heterocycles. The lowest BCUT2D eigenvalue weighted by molar-refractivity contribution is 0.338. The van der Waals surface area contributed by atoms with Crippen LogP contribution in [0.15, 0.2) is 17.6 Å². The number of piperidine rings is 1. The van der Waals surface area contributed by atoms with Gasteiger partial charge in [0.15, 0.2) is 5.96 Å². The minimum Gasteiger partial charge on any atom is -0.370 e. The van der Waals surface area contributed by atoms with Crippen LogP contribution < -0.4 is 5.73 Å². The van der Waals surface area contributed by atoms with Crippen molar-refractivity contribution in [2.24, 2.45) is 10.7 Å². The van der Waals surface area contributed by atoms with E-state index in [2.05, 4.69) is 16.5 Å². The summed E-state index contributed by atoms with van der Waals surface area (Å²) in [5, 5.41) is 0. The van der Waals surface area contributed by atoms with E-state index in [0.29, 0.717) is 0 Å². The Balaban J connectivity index is 2.16. The van der Waals surface area contributed by atoms with Crippen LogP contribution in [-0.4, -0.2) is 30.5 Å². The average Bonchev–Trinajstić information content (AvgIpc) is 2.30. The Morgan fingerprint density at radius 1 is 1.27 bits per heavy atom. The van der Waals surface area contributed by atoms with Crippen molar-refractivity contribution in [3.63, 3.8) is 0 Å². The molecular weight excluding hydrogens is 186 g/mol. The van der Waals surface area contributed by atoms with Crippen LogP contribution in [-0.2, 0) is 0 Å². The second-order valence-corrected chi connectivity index (χ2v) is 4.07. The van der Waals surface area contributed by atoms with Crippen molar-refractivity contribution in [1.29, 1.82) is 0 Å². The lowest BCUT2D eigenvalue weighted by Crippen LogP contribution is -2.40. The lowest BCUT2D eigenvalue weighted by atomic mass is 10.1. The smallest absolute Gasteiger partial charge is 0.191 e. The minimum atomic E-state index is 0.744. The molecule has 0 radical (unpaired) electrons. The van der Waals surface area contributed by atoms with Gasteiger partial charge in [-0.3, -0.25) is 4.99 Å². The summed E-state index contributed by atoms with van der Waals surface area (Å²) in [5.74, 6) is 0.744. The average molecular weight is 209 g/mol. The summed E-state index contributed by atoms with van der Waals surface area (Å²) in [4.78, 5) is 6.61. The zero-order chi connectivity index (χ0) is 10.9. The summed E-state index contributed by atoms with van der Waals surface area (Å²) in [6, 6.07) is 0. The van der Waals surface area contributed by atoms with Gasteiger partial charge in [0.2, 0.25) is 0 Å². The number of unbranched alkanes of at least 4 members (excludes halogenated alkanes) is 2. The fourth-order valence-electron chi connectivity index (χ4n) is 1.82. The van der Waals surface area contributed by atoms with Crippen LogP contribution in [0.5, 0.6) is 0 Å². The van der Waals surface area contributed by atoms with Gasteiger partial charge in [-0.1, -0.05) is 6.08 Å². The molecule has 0 bridgehead atoms. The molecule has 1 aliphatic heterocycles. The summed E-state index contributed by atoms with van der Waals surface area (Å²) < 4.78 is 0. The highest BCUT2D eigenvalue weighted by atomic mass is 15.2. The van der Waals surface area contributed by atoms with E-state index in [0.717, 1.165) is 38.4 Å². The summed E-state index contributed by atoms with van der Waals surface area (Å²) in [6.45, 7) is 6.73. The number of allylic oxidation sites excluding steroid dienone is 1. The molecule has 1 rings (SSSR count). The first-order chi connectivity index (χ1) is 7.34. The van der Waals surface area contributed by atoms with Crippen molar-refractivity contribution >= 4 is 5.96 Å². The molecule has 0 aromatic rings. The molecule has 0 amide bonds. The molecular formula is C12H23N3. The van der Waals surface area contributed by atoms with E-state index in [1.54, 1.807) is 0 Å². The van der Waals surface area contributed by atoms with Crippen LogP contribution in [0, 0.1) is 0 Å². The highest BCUT2D eigenvalue weighted by Crippen LogP contribution is 2.08. The first-order valence-electron chi connectivity index (χ1n) is 6.00. The maximum absolute atomic E-state index is 5.92. The largest absolute Gasteiger partial charge is 0.370 e. The quantitative estimate of drug-likeness (QED) is 0.326. The first-order valence-corrected chi connectivity index (χ1v) is 6.00. The fourth-order valence-corrected chi connectivity index (χ4v) is 1.82. The van der Waals surface area contributed by atoms with Gasteiger partial charge >= 0.3 is 0 Å². The van der Waals surface area contributed by atoms with Gasteiger partial charge in [0.25, 0.3) is 0 Å². The van der Waals surface area contributed by atoms with Crippen LogP contribution >= 0.6 is 0 Å². The molecule has 86 valence electrons. The van der Waals surface area contributed by atoms with Crippen LogP contribution in [0.1, 0.15) is 38.5 Å². The molecule has 0 unspecified atom stereocenters. The molecule has 3 nitrogen and oxygen atoms in total. The van der Waals surface area contributed by atoms with Crippen molar-refractivity contribution in [3.8, 4) is 0 Å². The van der Waals surface area contributed by atoms with Crippen LogP contribution in [0.3, 0.4) is 0 Å². The number of rotatable bonds is 5. The number of hydrogen-bond donors (Lipinski definition) is 1. The zero-order valence-corrected chi connectivity index (χ0v) is 9.62. The van der Waals surface area contributed by atoms with Gasteiger partial charge in [-0.15, -0.1) is 6.58 Å². The third kappa shape index (κ3) is 4.86. The predicted octanol–water partition coefficient (Wildman–Crippen LogP) is 2.14. The minimum absolute atomic E-state index is 0.744. The molecule has 1 aliphatic rings. The second-order valence-electron chi connectivity index (χ2n) is 4.07. The van der Waals surface area contributed by atoms with Gasteiger partial charge in [0, 0.05) is 19.6 Å². The summed E-state index contributed by atoms with van der Waals surface area (Å²) >= 11 is 0. The SMILES string of the molecule is C=CCCCCN=C(N)N1CCCCC1. The van der Waals surface area contributed by atoms with Crippen LogP contribution in [0.4, 0.5) is 0 Å². The van der Waals surface area contributed by atoms with Gasteiger partial charge in [0.05, 0.1) is 0 Å². The maximum atomic E-state index is 5.92. The third-order valence-corrected chi connectivity index (χ3v) is 2.77. The number of nitrogens with two attached hydrogens (primary N) is 1. The Kier molecular flexibility index (Phi) is 5.90. The van der Waals surface area contributed by atoms with E-state index in [1.807, 2.05) is 6.08 Å². The topological polar surface area (TPSA) is 41.6 Å². The van der Waals surface area contributed by atoms with Crippen molar-refractivity contribution in [3.05, 3.63) is 12.7 Å².